The molecule has 3 rings (SSSR count). The first kappa shape index (κ1) is 19.2. The summed E-state index contributed by atoms with van der Waals surface area (Å²) in [6.07, 6.45) is 1.33. The highest BCUT2D eigenvalue weighted by Gasteiger charge is 2.20. The van der Waals surface area contributed by atoms with Crippen molar-refractivity contribution in [3.05, 3.63) is 39.6 Å². The number of nitrogens with two attached hydrogens (primary N) is 1. The van der Waals surface area contributed by atoms with Gasteiger partial charge < -0.3 is 10.5 Å². The van der Waals surface area contributed by atoms with E-state index in [1.165, 1.54) is 17.8 Å². The molecule has 0 atom stereocenters. The molecule has 3 N–H and O–H groups in total. The number of nitrogens with zero attached hydrogens (tertiary/aromatic N) is 6. The SMILES string of the molecule is CC(=O)Oc1ccc(Br)cc1/C=N/NC(=O)c1nnn(-c2nonc2N)c1C. The second-order valence-electron chi connectivity index (χ2n) is 5.38. The molecular weight excluding hydrogens is 436 g/mol. The van der Waals surface area contributed by atoms with Crippen molar-refractivity contribution in [2.24, 2.45) is 5.10 Å². The third kappa shape index (κ3) is 4.03. The van der Waals surface area contributed by atoms with Gasteiger partial charge in [0.2, 0.25) is 11.6 Å². The number of amides is 1. The van der Waals surface area contributed by atoms with Crippen molar-refractivity contribution < 1.29 is 19.0 Å². The van der Waals surface area contributed by atoms with Crippen molar-refractivity contribution in [2.45, 2.75) is 13.8 Å². The Kier molecular flexibility index (Phi) is 5.44. The van der Waals surface area contributed by atoms with Crippen molar-refractivity contribution in [1.29, 1.82) is 0 Å². The monoisotopic (exact) mass is 448 g/mol. The smallest absolute Gasteiger partial charge is 0.308 e. The summed E-state index contributed by atoms with van der Waals surface area (Å²) in [5.41, 5.74) is 8.79. The number of hydrogen-bond donors (Lipinski definition) is 2. The van der Waals surface area contributed by atoms with Crippen LogP contribution in [0.1, 0.15) is 28.7 Å². The molecule has 0 saturated heterocycles. The number of ether oxygens (including phenoxy) is 1. The van der Waals surface area contributed by atoms with Crippen molar-refractivity contribution in [2.75, 3.05) is 5.73 Å². The van der Waals surface area contributed by atoms with Gasteiger partial charge in [0, 0.05) is 17.0 Å². The minimum Gasteiger partial charge on any atom is -0.426 e. The van der Waals surface area contributed by atoms with E-state index in [1.807, 2.05) is 0 Å². The summed E-state index contributed by atoms with van der Waals surface area (Å²) in [5, 5.41) is 18.5. The third-order valence-electron chi connectivity index (χ3n) is 3.40. The van der Waals surface area contributed by atoms with E-state index in [0.717, 1.165) is 4.47 Å². The lowest BCUT2D eigenvalue weighted by Gasteiger charge is -2.05. The molecule has 0 aliphatic rings. The Morgan fingerprint density at radius 2 is 2.18 bits per heavy atom. The lowest BCUT2D eigenvalue weighted by atomic mass is 10.2. The van der Waals surface area contributed by atoms with Crippen LogP contribution in [0.25, 0.3) is 5.82 Å². The number of halogens is 1. The number of esters is 1. The maximum Gasteiger partial charge on any atom is 0.308 e. The molecule has 0 saturated carbocycles. The van der Waals surface area contributed by atoms with Crippen molar-refractivity contribution in [3.63, 3.8) is 0 Å². The van der Waals surface area contributed by atoms with Crippen LogP contribution in [0.15, 0.2) is 32.4 Å². The molecule has 144 valence electrons. The molecule has 0 unspecified atom stereocenters. The number of benzene rings is 1. The van der Waals surface area contributed by atoms with E-state index in [-0.39, 0.29) is 17.3 Å². The lowest BCUT2D eigenvalue weighted by Crippen LogP contribution is -2.19. The number of nitrogens with one attached hydrogen (secondary N) is 1. The standard InChI is InChI=1S/C15H13BrN8O4/c1-7-12(19-23-24(7)14-13(17)21-28-22-14)15(26)20-18-6-9-5-10(16)3-4-11(9)27-8(2)25/h3-6H,1-2H3,(H2,17,21)(H,20,26)/b18-6+. The second-order valence-corrected chi connectivity index (χ2v) is 6.30. The fraction of sp³-hybridized carbons (Fsp3) is 0.133. The summed E-state index contributed by atoms with van der Waals surface area (Å²) in [7, 11) is 0. The van der Waals surface area contributed by atoms with Crippen LogP contribution in [0.3, 0.4) is 0 Å². The van der Waals surface area contributed by atoms with Crippen LogP contribution in [0.2, 0.25) is 0 Å². The van der Waals surface area contributed by atoms with Gasteiger partial charge in [0.25, 0.3) is 5.91 Å². The summed E-state index contributed by atoms with van der Waals surface area (Å²) in [5.74, 6) is -0.669. The summed E-state index contributed by atoms with van der Waals surface area (Å²) in [6.45, 7) is 2.88. The largest absolute Gasteiger partial charge is 0.426 e. The number of hydrazone groups is 1. The maximum atomic E-state index is 12.3. The molecule has 1 aromatic carbocycles. The Balaban J connectivity index is 1.77. The fourth-order valence-corrected chi connectivity index (χ4v) is 2.54. The zero-order chi connectivity index (χ0) is 20.3. The van der Waals surface area contributed by atoms with E-state index >= 15 is 0 Å². The molecule has 2 aromatic heterocycles. The average molecular weight is 449 g/mol. The van der Waals surface area contributed by atoms with Crippen molar-refractivity contribution in [3.8, 4) is 11.6 Å². The predicted octanol–water partition coefficient (Wildman–Crippen LogP) is 0.993. The Bertz CT molecular complexity index is 1070. The first-order chi connectivity index (χ1) is 13.4. The number of aromatic nitrogens is 5. The average Bonchev–Trinajstić information content (AvgIpc) is 3.22. The Morgan fingerprint density at radius 3 is 2.86 bits per heavy atom. The van der Waals surface area contributed by atoms with Crippen LogP contribution in [0.5, 0.6) is 5.75 Å². The van der Waals surface area contributed by atoms with Crippen LogP contribution >= 0.6 is 15.9 Å². The normalized spacial score (nSPS) is 11.0. The molecule has 1 amide bonds. The molecule has 28 heavy (non-hydrogen) atoms. The Morgan fingerprint density at radius 1 is 1.39 bits per heavy atom. The molecule has 3 aromatic rings. The quantitative estimate of drug-likeness (QED) is 0.250. The highest BCUT2D eigenvalue weighted by molar-refractivity contribution is 9.10. The maximum absolute atomic E-state index is 12.3. The van der Waals surface area contributed by atoms with E-state index in [1.54, 1.807) is 25.1 Å². The zero-order valence-corrected chi connectivity index (χ0v) is 16.2. The fourth-order valence-electron chi connectivity index (χ4n) is 2.16. The number of carbonyl (C=O) groups is 2. The Hall–Kier alpha value is -3.61. The second kappa shape index (κ2) is 7.96. The van der Waals surface area contributed by atoms with Crippen LogP contribution in [-0.2, 0) is 4.79 Å². The number of rotatable bonds is 5. The van der Waals surface area contributed by atoms with Crippen LogP contribution in [-0.4, -0.2) is 43.4 Å². The van der Waals surface area contributed by atoms with Crippen molar-refractivity contribution >= 4 is 39.8 Å². The van der Waals surface area contributed by atoms with E-state index in [2.05, 4.69) is 51.7 Å². The van der Waals surface area contributed by atoms with E-state index < -0.39 is 11.9 Å². The summed E-state index contributed by atoms with van der Waals surface area (Å²) in [6, 6.07) is 4.98. The van der Waals surface area contributed by atoms with Crippen LogP contribution < -0.4 is 15.9 Å². The van der Waals surface area contributed by atoms with Gasteiger partial charge in [-0.3, -0.25) is 9.59 Å². The topological polar surface area (TPSA) is 163 Å². The van der Waals surface area contributed by atoms with Crippen LogP contribution in [0, 0.1) is 6.92 Å². The zero-order valence-electron chi connectivity index (χ0n) is 14.6. The minimum absolute atomic E-state index is 0.00522. The molecule has 0 radical (unpaired) electrons. The summed E-state index contributed by atoms with van der Waals surface area (Å²) in [4.78, 5) is 23.5. The predicted molar refractivity (Wildman–Crippen MR) is 98.9 cm³/mol. The van der Waals surface area contributed by atoms with Crippen LogP contribution in [0.4, 0.5) is 5.82 Å². The molecule has 13 heteroatoms. The molecule has 0 fully saturated rings. The molecule has 0 aliphatic carbocycles. The van der Waals surface area contributed by atoms with E-state index in [9.17, 15) is 9.59 Å². The van der Waals surface area contributed by atoms with Gasteiger partial charge in [-0.15, -0.1) is 5.10 Å². The number of nitrogen functional groups attached to an aromatic ring is 1. The number of carbonyl (C=O) groups excluding carboxylic acids is 2. The lowest BCUT2D eigenvalue weighted by molar-refractivity contribution is -0.131. The first-order valence-corrected chi connectivity index (χ1v) is 8.48. The van der Waals surface area contributed by atoms with Gasteiger partial charge in [0.1, 0.15) is 5.75 Å². The van der Waals surface area contributed by atoms with Gasteiger partial charge in [-0.2, -0.15) is 9.78 Å². The first-order valence-electron chi connectivity index (χ1n) is 7.69. The molecule has 0 bridgehead atoms. The third-order valence-corrected chi connectivity index (χ3v) is 3.89. The van der Waals surface area contributed by atoms with E-state index in [0.29, 0.717) is 17.0 Å². The Labute approximate surface area is 165 Å². The highest BCUT2D eigenvalue weighted by atomic mass is 79.9. The van der Waals surface area contributed by atoms with E-state index in [4.69, 9.17) is 10.5 Å². The molecule has 0 aliphatic heterocycles. The molecule has 0 spiro atoms. The van der Waals surface area contributed by atoms with Gasteiger partial charge in [-0.05, 0) is 35.4 Å². The minimum atomic E-state index is -0.612. The number of hydrogen-bond acceptors (Lipinski definition) is 10. The molecular formula is C15H13BrN8O4. The summed E-state index contributed by atoms with van der Waals surface area (Å²) >= 11 is 3.32. The van der Waals surface area contributed by atoms with Gasteiger partial charge >= 0.3 is 5.97 Å². The highest BCUT2D eigenvalue weighted by Crippen LogP contribution is 2.22. The molecule has 2 heterocycles. The van der Waals surface area contributed by atoms with Gasteiger partial charge in [-0.1, -0.05) is 21.1 Å². The molecule has 12 nitrogen and oxygen atoms in total. The summed E-state index contributed by atoms with van der Waals surface area (Å²) < 4.78 is 11.6. The van der Waals surface area contributed by atoms with Gasteiger partial charge in [0.15, 0.2) is 5.69 Å². The van der Waals surface area contributed by atoms with Crippen molar-refractivity contribution in [1.82, 2.24) is 30.7 Å². The van der Waals surface area contributed by atoms with Gasteiger partial charge in [0.05, 0.1) is 11.9 Å². The van der Waals surface area contributed by atoms with Gasteiger partial charge in [-0.25, -0.2) is 10.1 Å². The number of anilines is 1.